The summed E-state index contributed by atoms with van der Waals surface area (Å²) < 4.78 is 14.2. The van der Waals surface area contributed by atoms with Crippen LogP contribution in [0, 0.1) is 17.0 Å². The van der Waals surface area contributed by atoms with Gasteiger partial charge in [0.05, 0.1) is 33.9 Å². The smallest absolute Gasteiger partial charge is 0.343 e. The highest BCUT2D eigenvalue weighted by atomic mass is 32.2. The summed E-state index contributed by atoms with van der Waals surface area (Å²) in [5.41, 5.74) is 1.32. The number of methoxy groups -OCH3 is 1. The number of nitro groups is 1. The summed E-state index contributed by atoms with van der Waals surface area (Å²) in [5, 5.41) is 11.0. The summed E-state index contributed by atoms with van der Waals surface area (Å²) in [6.07, 6.45) is 1.60. The van der Waals surface area contributed by atoms with Gasteiger partial charge in [-0.3, -0.25) is 29.3 Å². The fourth-order valence-electron chi connectivity index (χ4n) is 4.39. The van der Waals surface area contributed by atoms with Crippen molar-refractivity contribution in [3.8, 4) is 17.2 Å². The van der Waals surface area contributed by atoms with Crippen molar-refractivity contribution in [1.82, 2.24) is 9.36 Å². The maximum Gasteiger partial charge on any atom is 0.343 e. The number of carbonyl (C=O) groups is 2. The maximum atomic E-state index is 13.5. The number of para-hydroxylation sites is 1. The number of nitrogens with zero attached hydrogens (tertiary/aromatic N) is 4. The van der Waals surface area contributed by atoms with E-state index < -0.39 is 16.8 Å². The van der Waals surface area contributed by atoms with Crippen LogP contribution in [0.1, 0.15) is 21.6 Å². The molecular formula is C29H22N4O7S2. The third kappa shape index (κ3) is 5.22. The molecule has 0 radical (unpaired) electrons. The van der Waals surface area contributed by atoms with Crippen LogP contribution in [0.25, 0.3) is 11.8 Å². The number of hydrogen-bond acceptors (Lipinski definition) is 9. The summed E-state index contributed by atoms with van der Waals surface area (Å²) in [6, 6.07) is 18.9. The number of nitro benzene ring substituents is 1. The molecule has 1 saturated heterocycles. The minimum absolute atomic E-state index is 0.00142. The number of thiocarbonyl (C=S) groups is 1. The fourth-order valence-corrected chi connectivity index (χ4v) is 5.66. The predicted molar refractivity (Wildman–Crippen MR) is 162 cm³/mol. The van der Waals surface area contributed by atoms with Crippen LogP contribution in [0.4, 0.5) is 11.4 Å². The van der Waals surface area contributed by atoms with Gasteiger partial charge in [0.1, 0.15) is 5.69 Å². The third-order valence-electron chi connectivity index (χ3n) is 6.52. The molecule has 42 heavy (non-hydrogen) atoms. The van der Waals surface area contributed by atoms with E-state index in [1.54, 1.807) is 49.0 Å². The van der Waals surface area contributed by atoms with Crippen LogP contribution in [0.5, 0.6) is 11.5 Å². The number of amides is 1. The van der Waals surface area contributed by atoms with E-state index in [0.717, 1.165) is 17.8 Å². The van der Waals surface area contributed by atoms with Gasteiger partial charge in [-0.05, 0) is 48.9 Å². The molecule has 0 saturated carbocycles. The molecule has 1 aliphatic heterocycles. The molecule has 0 atom stereocenters. The van der Waals surface area contributed by atoms with Crippen LogP contribution in [0.3, 0.4) is 0 Å². The predicted octanol–water partition coefficient (Wildman–Crippen LogP) is 5.03. The number of non-ortho nitro benzene ring substituents is 1. The van der Waals surface area contributed by atoms with Gasteiger partial charge >= 0.3 is 5.97 Å². The molecule has 2 heterocycles. The summed E-state index contributed by atoms with van der Waals surface area (Å²) in [5.74, 6) is -0.969. The summed E-state index contributed by atoms with van der Waals surface area (Å²) >= 11 is 6.57. The average molecular weight is 603 g/mol. The van der Waals surface area contributed by atoms with E-state index in [0.29, 0.717) is 16.9 Å². The Balaban J connectivity index is 1.42. The summed E-state index contributed by atoms with van der Waals surface area (Å²) in [6.45, 7) is 1.75. The van der Waals surface area contributed by atoms with Crippen molar-refractivity contribution in [2.45, 2.75) is 6.92 Å². The topological polar surface area (TPSA) is 126 Å². The Morgan fingerprint density at radius 3 is 2.45 bits per heavy atom. The van der Waals surface area contributed by atoms with Gasteiger partial charge in [-0.2, -0.15) is 0 Å². The molecular weight excluding hydrogens is 580 g/mol. The van der Waals surface area contributed by atoms with E-state index in [2.05, 4.69) is 0 Å². The minimum atomic E-state index is -0.801. The van der Waals surface area contributed by atoms with E-state index in [-0.39, 0.29) is 43.2 Å². The lowest BCUT2D eigenvalue weighted by atomic mass is 10.1. The van der Waals surface area contributed by atoms with E-state index in [9.17, 15) is 24.5 Å². The van der Waals surface area contributed by atoms with Crippen molar-refractivity contribution >= 4 is 57.6 Å². The first-order valence-corrected chi connectivity index (χ1v) is 13.6. The van der Waals surface area contributed by atoms with E-state index in [4.69, 9.17) is 21.7 Å². The molecule has 212 valence electrons. The molecule has 1 amide bonds. The van der Waals surface area contributed by atoms with Crippen LogP contribution < -0.4 is 19.9 Å². The van der Waals surface area contributed by atoms with Gasteiger partial charge in [-0.25, -0.2) is 9.48 Å². The second kappa shape index (κ2) is 11.5. The number of anilines is 1. The lowest BCUT2D eigenvalue weighted by Crippen LogP contribution is -2.33. The van der Waals surface area contributed by atoms with Crippen molar-refractivity contribution in [3.63, 3.8) is 0 Å². The van der Waals surface area contributed by atoms with Crippen LogP contribution in [-0.2, 0) is 11.8 Å². The first kappa shape index (κ1) is 28.5. The molecule has 1 aromatic heterocycles. The SMILES string of the molecule is COc1cc(/C=C2\SC(=S)N(c3c(C)n(C)n(-c4ccccc4)c3=O)C2=O)ccc1OC(=O)c1cccc([N+](=O)[O-])c1. The average Bonchev–Trinajstić information content (AvgIpc) is 3.38. The highest BCUT2D eigenvalue weighted by molar-refractivity contribution is 8.27. The van der Waals surface area contributed by atoms with E-state index >= 15 is 0 Å². The Morgan fingerprint density at radius 1 is 1.02 bits per heavy atom. The quantitative estimate of drug-likeness (QED) is 0.0715. The van der Waals surface area contributed by atoms with Gasteiger partial charge in [0.25, 0.3) is 17.2 Å². The standard InChI is InChI=1S/C29H22N4O7S2/c1-17-25(27(35)32(30(17)2)20-9-5-4-6-10-20)31-26(34)24(42-29(31)41)15-18-12-13-22(23(14-18)39-3)40-28(36)19-8-7-11-21(16-19)33(37)38/h4-16H,1-3H3/b24-15-. The highest BCUT2D eigenvalue weighted by Gasteiger charge is 2.37. The number of ether oxygens (including phenoxy) is 2. The van der Waals surface area contributed by atoms with Crippen LogP contribution in [0.2, 0.25) is 0 Å². The highest BCUT2D eigenvalue weighted by Crippen LogP contribution is 2.37. The van der Waals surface area contributed by atoms with Gasteiger partial charge in [-0.1, -0.05) is 54.3 Å². The molecule has 13 heteroatoms. The molecule has 3 aromatic carbocycles. The largest absolute Gasteiger partial charge is 0.493 e. The Kier molecular flexibility index (Phi) is 7.79. The summed E-state index contributed by atoms with van der Waals surface area (Å²) in [4.78, 5) is 51.6. The zero-order chi connectivity index (χ0) is 30.1. The van der Waals surface area contributed by atoms with Crippen LogP contribution >= 0.6 is 24.0 Å². The zero-order valence-corrected chi connectivity index (χ0v) is 24.1. The lowest BCUT2D eigenvalue weighted by Gasteiger charge is -2.12. The lowest BCUT2D eigenvalue weighted by molar-refractivity contribution is -0.384. The Hall–Kier alpha value is -5.01. The molecule has 5 rings (SSSR count). The second-order valence-corrected chi connectivity index (χ2v) is 10.7. The van der Waals surface area contributed by atoms with Gasteiger partial charge in [0.2, 0.25) is 0 Å². The fraction of sp³-hybridized carbons (Fsp3) is 0.103. The van der Waals surface area contributed by atoms with Crippen molar-refractivity contribution in [1.29, 1.82) is 0 Å². The van der Waals surface area contributed by atoms with Crippen molar-refractivity contribution in [3.05, 3.63) is 115 Å². The van der Waals surface area contributed by atoms with E-state index in [1.807, 2.05) is 18.2 Å². The number of hydrogen-bond donors (Lipinski definition) is 0. The second-order valence-electron chi connectivity index (χ2n) is 9.03. The monoisotopic (exact) mass is 602 g/mol. The first-order chi connectivity index (χ1) is 20.1. The minimum Gasteiger partial charge on any atom is -0.493 e. The van der Waals surface area contributed by atoms with E-state index in [1.165, 1.54) is 41.0 Å². The molecule has 0 N–H and O–H groups in total. The Labute approximate surface area is 248 Å². The Bertz CT molecular complexity index is 1860. The summed E-state index contributed by atoms with van der Waals surface area (Å²) in [7, 11) is 3.12. The molecule has 0 bridgehead atoms. The third-order valence-corrected chi connectivity index (χ3v) is 7.82. The van der Waals surface area contributed by atoms with Crippen LogP contribution in [-0.4, -0.2) is 37.6 Å². The number of rotatable bonds is 7. The van der Waals surface area contributed by atoms with Crippen molar-refractivity contribution in [2.75, 3.05) is 12.0 Å². The molecule has 4 aromatic rings. The van der Waals surface area contributed by atoms with Crippen molar-refractivity contribution in [2.24, 2.45) is 7.05 Å². The van der Waals surface area contributed by atoms with Crippen LogP contribution in [0.15, 0.2) is 82.5 Å². The molecule has 1 aliphatic rings. The maximum absolute atomic E-state index is 13.5. The molecule has 0 spiro atoms. The molecule has 0 unspecified atom stereocenters. The molecule has 1 fully saturated rings. The van der Waals surface area contributed by atoms with Gasteiger partial charge in [-0.15, -0.1) is 0 Å². The number of esters is 1. The number of aromatic nitrogens is 2. The zero-order valence-electron chi connectivity index (χ0n) is 22.5. The van der Waals surface area contributed by atoms with Gasteiger partial charge in [0.15, 0.2) is 15.8 Å². The Morgan fingerprint density at radius 2 is 1.76 bits per heavy atom. The normalized spacial score (nSPS) is 14.0. The van der Waals surface area contributed by atoms with Gasteiger partial charge < -0.3 is 9.47 Å². The van der Waals surface area contributed by atoms with Gasteiger partial charge in [0, 0.05) is 19.2 Å². The molecule has 0 aliphatic carbocycles. The first-order valence-electron chi connectivity index (χ1n) is 12.4. The van der Waals surface area contributed by atoms with Crippen molar-refractivity contribution < 1.29 is 24.0 Å². The molecule has 11 nitrogen and oxygen atoms in total. The number of benzene rings is 3. The number of carbonyl (C=O) groups excluding carboxylic acids is 2. The number of thioether (sulfide) groups is 1.